The van der Waals surface area contributed by atoms with Gasteiger partial charge >= 0.3 is 0 Å². The molecular formula is C16H22ClIN4O. The predicted octanol–water partition coefficient (Wildman–Crippen LogP) is 3.82. The van der Waals surface area contributed by atoms with E-state index in [2.05, 4.69) is 20.6 Å². The number of aryl methyl sites for hydroxylation is 2. The minimum absolute atomic E-state index is 0. The Morgan fingerprint density at radius 3 is 2.48 bits per heavy atom. The number of hydrogen-bond acceptors (Lipinski definition) is 3. The van der Waals surface area contributed by atoms with Gasteiger partial charge < -0.3 is 15.1 Å². The van der Waals surface area contributed by atoms with E-state index < -0.39 is 0 Å². The standard InChI is InChI=1S/C16H21ClN4O.HI/c1-4-18-16(19-9-13-5-7-14(17)8-6-13)20-10-15-21-11(2)12(3)22-15;/h5-8H,4,9-10H2,1-3H3,(H2,18,19,20);1H. The van der Waals surface area contributed by atoms with Gasteiger partial charge in [0.2, 0.25) is 5.89 Å². The lowest BCUT2D eigenvalue weighted by Crippen LogP contribution is -2.36. The molecule has 23 heavy (non-hydrogen) atoms. The first kappa shape index (κ1) is 19.8. The summed E-state index contributed by atoms with van der Waals surface area (Å²) in [6.07, 6.45) is 0. The number of hydrogen-bond donors (Lipinski definition) is 2. The number of aliphatic imine (C=N–C) groups is 1. The van der Waals surface area contributed by atoms with Crippen LogP contribution in [-0.2, 0) is 13.1 Å². The molecule has 0 aliphatic rings. The van der Waals surface area contributed by atoms with Gasteiger partial charge in [0.05, 0.1) is 18.8 Å². The number of benzene rings is 1. The Kier molecular flexibility index (Phi) is 8.40. The first-order valence-corrected chi connectivity index (χ1v) is 7.65. The van der Waals surface area contributed by atoms with Gasteiger partial charge in [0.1, 0.15) is 5.76 Å². The molecule has 0 spiro atoms. The van der Waals surface area contributed by atoms with Crippen LogP contribution in [-0.4, -0.2) is 17.5 Å². The molecule has 2 N–H and O–H groups in total. The van der Waals surface area contributed by atoms with Crippen LogP contribution in [0.25, 0.3) is 0 Å². The number of nitrogens with one attached hydrogen (secondary N) is 2. The summed E-state index contributed by atoms with van der Waals surface area (Å²) in [5, 5.41) is 7.14. The molecule has 1 aromatic carbocycles. The zero-order chi connectivity index (χ0) is 15.9. The molecule has 0 atom stereocenters. The van der Waals surface area contributed by atoms with Crippen LogP contribution in [0, 0.1) is 13.8 Å². The molecule has 1 heterocycles. The van der Waals surface area contributed by atoms with Gasteiger partial charge in [-0.05, 0) is 38.5 Å². The molecule has 0 amide bonds. The number of guanidine groups is 1. The smallest absolute Gasteiger partial charge is 0.214 e. The Balaban J connectivity index is 0.00000264. The molecule has 0 radical (unpaired) electrons. The van der Waals surface area contributed by atoms with Crippen molar-refractivity contribution in [2.45, 2.75) is 33.9 Å². The summed E-state index contributed by atoms with van der Waals surface area (Å²) in [5.41, 5.74) is 2.02. The third-order valence-electron chi connectivity index (χ3n) is 3.16. The average molecular weight is 449 g/mol. The first-order valence-electron chi connectivity index (χ1n) is 7.28. The number of rotatable bonds is 5. The van der Waals surface area contributed by atoms with Crippen molar-refractivity contribution >= 4 is 41.5 Å². The molecule has 0 unspecified atom stereocenters. The van der Waals surface area contributed by atoms with E-state index >= 15 is 0 Å². The van der Waals surface area contributed by atoms with Crippen LogP contribution >= 0.6 is 35.6 Å². The molecule has 126 valence electrons. The van der Waals surface area contributed by atoms with Crippen molar-refractivity contribution in [2.75, 3.05) is 6.54 Å². The average Bonchev–Trinajstić information content (AvgIpc) is 2.82. The number of nitrogens with zero attached hydrogens (tertiary/aromatic N) is 2. The van der Waals surface area contributed by atoms with E-state index in [0.717, 1.165) is 34.5 Å². The summed E-state index contributed by atoms with van der Waals surface area (Å²) in [6, 6.07) is 7.67. The van der Waals surface area contributed by atoms with Crippen molar-refractivity contribution in [3.63, 3.8) is 0 Å². The van der Waals surface area contributed by atoms with Crippen LogP contribution in [0.1, 0.15) is 29.8 Å². The minimum Gasteiger partial charge on any atom is -0.444 e. The molecular weight excluding hydrogens is 427 g/mol. The highest BCUT2D eigenvalue weighted by molar-refractivity contribution is 14.0. The van der Waals surface area contributed by atoms with E-state index in [0.29, 0.717) is 19.0 Å². The Morgan fingerprint density at radius 2 is 1.91 bits per heavy atom. The van der Waals surface area contributed by atoms with Gasteiger partial charge in [-0.3, -0.25) is 0 Å². The second-order valence-electron chi connectivity index (χ2n) is 4.92. The predicted molar refractivity (Wildman–Crippen MR) is 104 cm³/mol. The number of aromatic nitrogens is 1. The van der Waals surface area contributed by atoms with E-state index in [1.807, 2.05) is 45.0 Å². The molecule has 1 aromatic heterocycles. The van der Waals surface area contributed by atoms with Crippen LogP contribution < -0.4 is 10.6 Å². The van der Waals surface area contributed by atoms with Gasteiger partial charge in [0.25, 0.3) is 0 Å². The molecule has 0 aliphatic carbocycles. The fourth-order valence-corrected chi connectivity index (χ4v) is 2.00. The molecule has 0 fully saturated rings. The molecule has 0 saturated carbocycles. The van der Waals surface area contributed by atoms with Crippen LogP contribution in [0.4, 0.5) is 0 Å². The van der Waals surface area contributed by atoms with Crippen molar-refractivity contribution in [3.8, 4) is 0 Å². The second kappa shape index (κ2) is 9.77. The second-order valence-corrected chi connectivity index (χ2v) is 5.36. The SMILES string of the molecule is CCNC(=NCc1ccc(Cl)cc1)NCc1nc(C)c(C)o1.I. The van der Waals surface area contributed by atoms with Crippen molar-refractivity contribution in [1.29, 1.82) is 0 Å². The van der Waals surface area contributed by atoms with Crippen LogP contribution in [0.2, 0.25) is 5.02 Å². The molecule has 0 bridgehead atoms. The summed E-state index contributed by atoms with van der Waals surface area (Å²) in [4.78, 5) is 8.88. The number of oxazole rings is 1. The molecule has 2 rings (SSSR count). The Labute approximate surface area is 158 Å². The fraction of sp³-hybridized carbons (Fsp3) is 0.375. The molecule has 0 aliphatic heterocycles. The molecule has 0 saturated heterocycles. The van der Waals surface area contributed by atoms with Gasteiger partial charge in [-0.1, -0.05) is 23.7 Å². The van der Waals surface area contributed by atoms with Crippen LogP contribution in [0.15, 0.2) is 33.7 Å². The highest BCUT2D eigenvalue weighted by atomic mass is 127. The van der Waals surface area contributed by atoms with Crippen molar-refractivity contribution in [3.05, 3.63) is 52.2 Å². The lowest BCUT2D eigenvalue weighted by atomic mass is 10.2. The zero-order valence-corrected chi connectivity index (χ0v) is 16.6. The lowest BCUT2D eigenvalue weighted by Gasteiger charge is -2.09. The van der Waals surface area contributed by atoms with Crippen molar-refractivity contribution in [1.82, 2.24) is 15.6 Å². The van der Waals surface area contributed by atoms with E-state index in [4.69, 9.17) is 16.0 Å². The number of halogens is 2. The van der Waals surface area contributed by atoms with Gasteiger partial charge in [-0.15, -0.1) is 24.0 Å². The van der Waals surface area contributed by atoms with E-state index in [9.17, 15) is 0 Å². The van der Waals surface area contributed by atoms with Crippen LogP contribution in [0.3, 0.4) is 0 Å². The minimum atomic E-state index is 0. The molecule has 5 nitrogen and oxygen atoms in total. The summed E-state index contributed by atoms with van der Waals surface area (Å²) < 4.78 is 5.55. The van der Waals surface area contributed by atoms with Crippen molar-refractivity contribution < 1.29 is 4.42 Å². The maximum Gasteiger partial charge on any atom is 0.214 e. The monoisotopic (exact) mass is 448 g/mol. The summed E-state index contributed by atoms with van der Waals surface area (Å²) in [6.45, 7) is 7.74. The summed E-state index contributed by atoms with van der Waals surface area (Å²) >= 11 is 5.88. The quantitative estimate of drug-likeness (QED) is 0.415. The van der Waals surface area contributed by atoms with Gasteiger partial charge in [-0.25, -0.2) is 9.98 Å². The third kappa shape index (κ3) is 6.39. The molecule has 2 aromatic rings. The van der Waals surface area contributed by atoms with E-state index in [1.54, 1.807) is 0 Å². The highest BCUT2D eigenvalue weighted by Crippen LogP contribution is 2.10. The maximum atomic E-state index is 5.88. The van der Waals surface area contributed by atoms with E-state index in [-0.39, 0.29) is 24.0 Å². The summed E-state index contributed by atoms with van der Waals surface area (Å²) in [5.74, 6) is 2.23. The highest BCUT2D eigenvalue weighted by Gasteiger charge is 2.06. The van der Waals surface area contributed by atoms with Gasteiger partial charge in [0, 0.05) is 11.6 Å². The first-order chi connectivity index (χ1) is 10.6. The Morgan fingerprint density at radius 1 is 1.22 bits per heavy atom. The Bertz CT molecular complexity index is 621. The van der Waals surface area contributed by atoms with Crippen LogP contribution in [0.5, 0.6) is 0 Å². The van der Waals surface area contributed by atoms with Crippen molar-refractivity contribution in [2.24, 2.45) is 4.99 Å². The zero-order valence-electron chi connectivity index (χ0n) is 13.5. The summed E-state index contributed by atoms with van der Waals surface area (Å²) in [7, 11) is 0. The lowest BCUT2D eigenvalue weighted by molar-refractivity contribution is 0.463. The van der Waals surface area contributed by atoms with Gasteiger partial charge in [-0.2, -0.15) is 0 Å². The fourth-order valence-electron chi connectivity index (χ4n) is 1.88. The maximum absolute atomic E-state index is 5.88. The Hall–Kier alpha value is -1.28. The molecule has 7 heteroatoms. The topological polar surface area (TPSA) is 62.5 Å². The van der Waals surface area contributed by atoms with E-state index in [1.165, 1.54) is 0 Å². The third-order valence-corrected chi connectivity index (χ3v) is 3.41. The largest absolute Gasteiger partial charge is 0.444 e. The van der Waals surface area contributed by atoms with Gasteiger partial charge in [0.15, 0.2) is 5.96 Å². The normalized spacial score (nSPS) is 11.0.